The second-order valence-corrected chi connectivity index (χ2v) is 5.97. The van der Waals surface area contributed by atoms with Gasteiger partial charge >= 0.3 is 0 Å². The van der Waals surface area contributed by atoms with E-state index in [-0.39, 0.29) is 24.4 Å². The molecule has 1 aliphatic rings. The fourth-order valence-electron chi connectivity index (χ4n) is 2.98. The zero-order valence-electron chi connectivity index (χ0n) is 13.6. The fraction of sp³-hybridized carbons (Fsp3) is 0.556. The van der Waals surface area contributed by atoms with E-state index in [0.29, 0.717) is 13.1 Å². The predicted octanol–water partition coefficient (Wildman–Crippen LogP) is 2.48. The Kier molecular flexibility index (Phi) is 5.99. The highest BCUT2D eigenvalue weighted by Crippen LogP contribution is 2.14. The minimum atomic E-state index is -0.315. The van der Waals surface area contributed by atoms with Gasteiger partial charge in [-0.15, -0.1) is 0 Å². The molecular weight excluding hydrogens is 276 g/mol. The molecule has 1 aromatic carbocycles. The Bertz CT molecular complexity index is 501. The van der Waals surface area contributed by atoms with Gasteiger partial charge in [0.25, 0.3) is 0 Å². The summed E-state index contributed by atoms with van der Waals surface area (Å²) in [6.07, 6.45) is 3.88. The van der Waals surface area contributed by atoms with Crippen LogP contribution in [0, 0.1) is 0 Å². The maximum Gasteiger partial charge on any atom is 0.245 e. The number of hydrogen-bond donors (Lipinski definition) is 0. The Labute approximate surface area is 133 Å². The van der Waals surface area contributed by atoms with Crippen LogP contribution in [0.2, 0.25) is 0 Å². The van der Waals surface area contributed by atoms with Gasteiger partial charge in [0.05, 0.1) is 6.54 Å². The van der Waals surface area contributed by atoms with E-state index in [0.717, 1.165) is 25.7 Å². The number of nitrogens with zero attached hydrogens (tertiary/aromatic N) is 2. The van der Waals surface area contributed by atoms with Crippen LogP contribution in [0.5, 0.6) is 0 Å². The first-order chi connectivity index (χ1) is 10.6. The number of piperazine rings is 1. The largest absolute Gasteiger partial charge is 0.332 e. The van der Waals surface area contributed by atoms with E-state index in [1.165, 1.54) is 5.56 Å². The first-order valence-electron chi connectivity index (χ1n) is 8.25. The number of amides is 2. The maximum atomic E-state index is 12.3. The summed E-state index contributed by atoms with van der Waals surface area (Å²) in [5.74, 6) is 0.171. The molecule has 1 saturated heterocycles. The highest BCUT2D eigenvalue weighted by Gasteiger charge is 2.35. The number of carbonyl (C=O) groups excluding carboxylic acids is 2. The maximum absolute atomic E-state index is 12.3. The summed E-state index contributed by atoms with van der Waals surface area (Å²) in [4.78, 5) is 27.9. The van der Waals surface area contributed by atoms with E-state index in [1.54, 1.807) is 9.80 Å². The average Bonchev–Trinajstić information content (AvgIpc) is 2.53. The second-order valence-electron chi connectivity index (χ2n) is 5.97. The van der Waals surface area contributed by atoms with Gasteiger partial charge in [-0.05, 0) is 38.2 Å². The molecule has 4 nitrogen and oxygen atoms in total. The van der Waals surface area contributed by atoms with Crippen molar-refractivity contribution in [1.82, 2.24) is 9.80 Å². The Morgan fingerprint density at radius 3 is 2.50 bits per heavy atom. The second kappa shape index (κ2) is 7.97. The van der Waals surface area contributed by atoms with Gasteiger partial charge in [-0.25, -0.2) is 0 Å². The Balaban J connectivity index is 1.80. The molecule has 2 amide bonds. The lowest BCUT2D eigenvalue weighted by molar-refractivity contribution is -0.155. The molecule has 0 aromatic heterocycles. The van der Waals surface area contributed by atoms with Gasteiger partial charge in [-0.2, -0.15) is 0 Å². The monoisotopic (exact) mass is 302 g/mol. The first kappa shape index (κ1) is 16.5. The van der Waals surface area contributed by atoms with Crippen molar-refractivity contribution in [3.63, 3.8) is 0 Å². The molecule has 0 bridgehead atoms. The minimum Gasteiger partial charge on any atom is -0.332 e. The smallest absolute Gasteiger partial charge is 0.245 e. The van der Waals surface area contributed by atoms with Gasteiger partial charge in [0.2, 0.25) is 11.8 Å². The van der Waals surface area contributed by atoms with E-state index >= 15 is 0 Å². The summed E-state index contributed by atoms with van der Waals surface area (Å²) >= 11 is 0. The van der Waals surface area contributed by atoms with E-state index in [2.05, 4.69) is 12.1 Å². The SMILES string of the molecule is CCCN1CC(=O)N(CCCCc2ccccc2)[C@@H](C)C1=O. The molecule has 1 aromatic rings. The molecule has 0 radical (unpaired) electrons. The summed E-state index contributed by atoms with van der Waals surface area (Å²) in [7, 11) is 0. The number of hydrogen-bond acceptors (Lipinski definition) is 2. The van der Waals surface area contributed by atoms with Crippen LogP contribution >= 0.6 is 0 Å². The third-order valence-electron chi connectivity index (χ3n) is 4.23. The van der Waals surface area contributed by atoms with Crippen LogP contribution in [-0.4, -0.2) is 47.3 Å². The standard InChI is InChI=1S/C18H26N2O2/c1-3-12-19-14-17(21)20(15(2)18(19)22)13-8-7-11-16-9-5-4-6-10-16/h4-6,9-10,15H,3,7-8,11-14H2,1-2H3/t15-/m0/s1. The minimum absolute atomic E-state index is 0.0836. The van der Waals surface area contributed by atoms with Gasteiger partial charge in [0.15, 0.2) is 0 Å². The van der Waals surface area contributed by atoms with Gasteiger partial charge in [0, 0.05) is 13.1 Å². The molecule has 0 saturated carbocycles. The van der Waals surface area contributed by atoms with Crippen LogP contribution in [0.3, 0.4) is 0 Å². The number of carbonyl (C=O) groups is 2. The third kappa shape index (κ3) is 4.09. The summed E-state index contributed by atoms with van der Waals surface area (Å²) in [6, 6.07) is 10.1. The van der Waals surface area contributed by atoms with E-state index in [4.69, 9.17) is 0 Å². The lowest BCUT2D eigenvalue weighted by atomic mass is 10.1. The van der Waals surface area contributed by atoms with Crippen LogP contribution in [0.25, 0.3) is 0 Å². The molecule has 0 unspecified atom stereocenters. The summed E-state index contributed by atoms with van der Waals surface area (Å²) in [5, 5.41) is 0. The molecule has 0 spiro atoms. The van der Waals surface area contributed by atoms with Crippen LogP contribution in [-0.2, 0) is 16.0 Å². The van der Waals surface area contributed by atoms with Crippen LogP contribution in [0.4, 0.5) is 0 Å². The lowest BCUT2D eigenvalue weighted by Gasteiger charge is -2.38. The highest BCUT2D eigenvalue weighted by molar-refractivity contribution is 5.94. The zero-order valence-corrected chi connectivity index (χ0v) is 13.6. The highest BCUT2D eigenvalue weighted by atomic mass is 16.2. The zero-order chi connectivity index (χ0) is 15.9. The van der Waals surface area contributed by atoms with Crippen molar-refractivity contribution in [2.45, 2.75) is 45.6 Å². The predicted molar refractivity (Wildman–Crippen MR) is 87.4 cm³/mol. The molecule has 4 heteroatoms. The molecule has 0 aliphatic carbocycles. The molecule has 1 fully saturated rings. The van der Waals surface area contributed by atoms with E-state index in [1.807, 2.05) is 32.0 Å². The topological polar surface area (TPSA) is 40.6 Å². The molecule has 22 heavy (non-hydrogen) atoms. The van der Waals surface area contributed by atoms with E-state index < -0.39 is 0 Å². The fourth-order valence-corrected chi connectivity index (χ4v) is 2.98. The van der Waals surface area contributed by atoms with Gasteiger partial charge in [-0.1, -0.05) is 37.3 Å². The number of unbranched alkanes of at least 4 members (excludes halogenated alkanes) is 1. The van der Waals surface area contributed by atoms with Crippen LogP contribution in [0.1, 0.15) is 38.7 Å². The summed E-state index contributed by atoms with van der Waals surface area (Å²) in [5.41, 5.74) is 1.32. The molecule has 1 atom stereocenters. The number of rotatable bonds is 7. The molecule has 1 aliphatic heterocycles. The quantitative estimate of drug-likeness (QED) is 0.726. The van der Waals surface area contributed by atoms with Gasteiger partial charge in [0.1, 0.15) is 6.04 Å². The third-order valence-corrected chi connectivity index (χ3v) is 4.23. The first-order valence-corrected chi connectivity index (χ1v) is 8.25. The Hall–Kier alpha value is -1.84. The van der Waals surface area contributed by atoms with Crippen molar-refractivity contribution in [2.75, 3.05) is 19.6 Å². The molecule has 2 rings (SSSR count). The van der Waals surface area contributed by atoms with Crippen molar-refractivity contribution in [3.05, 3.63) is 35.9 Å². The molecule has 120 valence electrons. The van der Waals surface area contributed by atoms with Crippen molar-refractivity contribution in [2.24, 2.45) is 0 Å². The Morgan fingerprint density at radius 1 is 1.09 bits per heavy atom. The summed E-state index contributed by atoms with van der Waals surface area (Å²) < 4.78 is 0. The average molecular weight is 302 g/mol. The molecule has 1 heterocycles. The van der Waals surface area contributed by atoms with Crippen LogP contribution in [0.15, 0.2) is 30.3 Å². The molecule has 0 N–H and O–H groups in total. The van der Waals surface area contributed by atoms with Crippen molar-refractivity contribution in [1.29, 1.82) is 0 Å². The number of aryl methyl sites for hydroxylation is 1. The van der Waals surface area contributed by atoms with Crippen LogP contribution < -0.4 is 0 Å². The van der Waals surface area contributed by atoms with Crippen molar-refractivity contribution >= 4 is 11.8 Å². The Morgan fingerprint density at radius 2 is 1.82 bits per heavy atom. The van der Waals surface area contributed by atoms with E-state index in [9.17, 15) is 9.59 Å². The van der Waals surface area contributed by atoms with Crippen molar-refractivity contribution in [3.8, 4) is 0 Å². The normalized spacial score (nSPS) is 18.9. The van der Waals surface area contributed by atoms with Gasteiger partial charge < -0.3 is 9.80 Å². The van der Waals surface area contributed by atoms with Gasteiger partial charge in [-0.3, -0.25) is 9.59 Å². The molecular formula is C18H26N2O2. The van der Waals surface area contributed by atoms with Crippen molar-refractivity contribution < 1.29 is 9.59 Å². The lowest BCUT2D eigenvalue weighted by Crippen LogP contribution is -2.59. The summed E-state index contributed by atoms with van der Waals surface area (Å²) in [6.45, 7) is 5.47. The number of benzene rings is 1.